The van der Waals surface area contributed by atoms with Gasteiger partial charge < -0.3 is 9.15 Å². The molecule has 0 saturated heterocycles. The Balaban J connectivity index is 1.83. The van der Waals surface area contributed by atoms with Gasteiger partial charge in [0.05, 0.1) is 22.8 Å². The Morgan fingerprint density at radius 1 is 1.20 bits per heavy atom. The van der Waals surface area contributed by atoms with Gasteiger partial charge in [-0.2, -0.15) is 0 Å². The number of sulfonamides is 1. The van der Waals surface area contributed by atoms with Gasteiger partial charge in [-0.25, -0.2) is 18.2 Å². The summed E-state index contributed by atoms with van der Waals surface area (Å²) in [7, 11) is -3.79. The van der Waals surface area contributed by atoms with Crippen LogP contribution in [0.15, 0.2) is 51.8 Å². The molecule has 0 spiro atoms. The zero-order chi connectivity index (χ0) is 18.0. The maximum atomic E-state index is 12.5. The van der Waals surface area contributed by atoms with E-state index in [1.54, 1.807) is 32.0 Å². The van der Waals surface area contributed by atoms with Gasteiger partial charge in [-0.1, -0.05) is 0 Å². The highest BCUT2D eigenvalue weighted by atomic mass is 32.2. The fourth-order valence-electron chi connectivity index (χ4n) is 2.30. The summed E-state index contributed by atoms with van der Waals surface area (Å²) in [6, 6.07) is 10.4. The van der Waals surface area contributed by atoms with E-state index in [2.05, 4.69) is 9.71 Å². The van der Waals surface area contributed by atoms with Crippen molar-refractivity contribution >= 4 is 32.8 Å². The fourth-order valence-corrected chi connectivity index (χ4v) is 3.35. The third kappa shape index (κ3) is 3.63. The number of carbonyl (C=O) groups is 1. The average Bonchev–Trinajstić information content (AvgIpc) is 2.94. The number of hydrogen-bond acceptors (Lipinski definition) is 6. The second kappa shape index (κ2) is 6.56. The van der Waals surface area contributed by atoms with Gasteiger partial charge in [-0.3, -0.25) is 4.72 Å². The maximum absolute atomic E-state index is 12.5. The number of aryl methyl sites for hydroxylation is 1. The van der Waals surface area contributed by atoms with E-state index in [0.29, 0.717) is 28.2 Å². The monoisotopic (exact) mass is 360 g/mol. The first-order valence-corrected chi connectivity index (χ1v) is 9.04. The summed E-state index contributed by atoms with van der Waals surface area (Å²) < 4.78 is 37.7. The lowest BCUT2D eigenvalue weighted by molar-refractivity contribution is 0.0526. The summed E-state index contributed by atoms with van der Waals surface area (Å²) in [5, 5.41) is 0. The Hall–Kier alpha value is -2.87. The van der Waals surface area contributed by atoms with Crippen molar-refractivity contribution < 1.29 is 22.4 Å². The maximum Gasteiger partial charge on any atom is 0.338 e. The zero-order valence-corrected chi connectivity index (χ0v) is 14.5. The van der Waals surface area contributed by atoms with Crippen molar-refractivity contribution in [3.05, 3.63) is 53.9 Å². The zero-order valence-electron chi connectivity index (χ0n) is 13.6. The molecule has 2 aromatic carbocycles. The number of aromatic nitrogens is 1. The predicted molar refractivity (Wildman–Crippen MR) is 92.0 cm³/mol. The minimum atomic E-state index is -3.79. The van der Waals surface area contributed by atoms with Gasteiger partial charge in [0, 0.05) is 6.92 Å². The van der Waals surface area contributed by atoms with Crippen LogP contribution < -0.4 is 4.72 Å². The number of rotatable bonds is 5. The Labute approximate surface area is 144 Å². The van der Waals surface area contributed by atoms with Gasteiger partial charge in [0.1, 0.15) is 5.52 Å². The minimum Gasteiger partial charge on any atom is -0.462 e. The average molecular weight is 360 g/mol. The molecule has 0 saturated carbocycles. The summed E-state index contributed by atoms with van der Waals surface area (Å²) in [6.45, 7) is 3.67. The van der Waals surface area contributed by atoms with Crippen LogP contribution in [0.5, 0.6) is 0 Å². The molecule has 7 nitrogen and oxygen atoms in total. The lowest BCUT2D eigenvalue weighted by Crippen LogP contribution is -2.13. The molecule has 0 aliphatic carbocycles. The molecule has 3 rings (SSSR count). The lowest BCUT2D eigenvalue weighted by Gasteiger charge is -2.08. The van der Waals surface area contributed by atoms with Crippen molar-refractivity contribution in [2.24, 2.45) is 0 Å². The molecule has 25 heavy (non-hydrogen) atoms. The first-order valence-electron chi connectivity index (χ1n) is 7.56. The molecule has 1 heterocycles. The van der Waals surface area contributed by atoms with Crippen LogP contribution in [-0.4, -0.2) is 26.0 Å². The fraction of sp³-hybridized carbons (Fsp3) is 0.176. The van der Waals surface area contributed by atoms with Crippen molar-refractivity contribution in [1.82, 2.24) is 4.98 Å². The van der Waals surface area contributed by atoms with Crippen LogP contribution in [0.25, 0.3) is 11.1 Å². The molecule has 0 fully saturated rings. The van der Waals surface area contributed by atoms with E-state index in [1.807, 2.05) is 0 Å². The van der Waals surface area contributed by atoms with Crippen LogP contribution >= 0.6 is 0 Å². The Kier molecular flexibility index (Phi) is 4.45. The molecule has 0 radical (unpaired) electrons. The van der Waals surface area contributed by atoms with Crippen LogP contribution in [0.2, 0.25) is 0 Å². The third-order valence-corrected chi connectivity index (χ3v) is 4.82. The Morgan fingerprint density at radius 3 is 2.60 bits per heavy atom. The standard InChI is InChI=1S/C17H16N2O5S/c1-3-23-17(20)12-4-7-14(8-5-12)25(21,22)19-13-6-9-16-15(10-13)18-11(2)24-16/h4-10,19H,3H2,1-2H3. The summed E-state index contributed by atoms with van der Waals surface area (Å²) in [6.07, 6.45) is 0. The second-order valence-electron chi connectivity index (χ2n) is 5.27. The summed E-state index contributed by atoms with van der Waals surface area (Å²) in [4.78, 5) is 15.8. The number of carbonyl (C=O) groups excluding carboxylic acids is 1. The van der Waals surface area contributed by atoms with Crippen LogP contribution in [0.4, 0.5) is 5.69 Å². The largest absolute Gasteiger partial charge is 0.462 e. The first kappa shape index (κ1) is 17.0. The number of benzene rings is 2. The normalized spacial score (nSPS) is 11.4. The Bertz CT molecular complexity index is 1020. The molecule has 0 aliphatic rings. The van der Waals surface area contributed by atoms with Crippen LogP contribution in [0, 0.1) is 6.92 Å². The van der Waals surface area contributed by atoms with Crippen molar-refractivity contribution in [3.63, 3.8) is 0 Å². The molecular weight excluding hydrogens is 344 g/mol. The number of hydrogen-bond donors (Lipinski definition) is 1. The molecule has 8 heteroatoms. The highest BCUT2D eigenvalue weighted by Crippen LogP contribution is 2.22. The van der Waals surface area contributed by atoms with Gasteiger partial charge in [0.2, 0.25) is 0 Å². The van der Waals surface area contributed by atoms with Gasteiger partial charge >= 0.3 is 5.97 Å². The smallest absolute Gasteiger partial charge is 0.338 e. The van der Waals surface area contributed by atoms with E-state index in [9.17, 15) is 13.2 Å². The molecule has 1 N–H and O–H groups in total. The van der Waals surface area contributed by atoms with Gasteiger partial charge in [-0.15, -0.1) is 0 Å². The topological polar surface area (TPSA) is 98.5 Å². The molecule has 130 valence electrons. The van der Waals surface area contributed by atoms with Crippen molar-refractivity contribution in [2.45, 2.75) is 18.7 Å². The molecule has 1 aromatic heterocycles. The van der Waals surface area contributed by atoms with E-state index in [4.69, 9.17) is 9.15 Å². The quantitative estimate of drug-likeness (QED) is 0.702. The number of oxazole rings is 1. The highest BCUT2D eigenvalue weighted by Gasteiger charge is 2.16. The third-order valence-electron chi connectivity index (χ3n) is 3.42. The van der Waals surface area contributed by atoms with E-state index < -0.39 is 16.0 Å². The number of ether oxygens (including phenoxy) is 1. The van der Waals surface area contributed by atoms with Crippen molar-refractivity contribution in [3.8, 4) is 0 Å². The van der Waals surface area contributed by atoms with Crippen LogP contribution in [0.3, 0.4) is 0 Å². The summed E-state index contributed by atoms with van der Waals surface area (Å²) >= 11 is 0. The summed E-state index contributed by atoms with van der Waals surface area (Å²) in [5.74, 6) is 0.0100. The molecule has 0 amide bonds. The number of nitrogens with zero attached hydrogens (tertiary/aromatic N) is 1. The molecule has 3 aromatic rings. The molecule has 0 atom stereocenters. The van der Waals surface area contributed by atoms with Gasteiger partial charge in [0.25, 0.3) is 10.0 Å². The number of nitrogens with one attached hydrogen (secondary N) is 1. The number of esters is 1. The van der Waals surface area contributed by atoms with E-state index in [1.165, 1.54) is 24.3 Å². The Morgan fingerprint density at radius 2 is 1.92 bits per heavy atom. The first-order chi connectivity index (χ1) is 11.9. The van der Waals surface area contributed by atoms with Crippen LogP contribution in [-0.2, 0) is 14.8 Å². The van der Waals surface area contributed by atoms with Crippen molar-refractivity contribution in [2.75, 3.05) is 11.3 Å². The second-order valence-corrected chi connectivity index (χ2v) is 6.95. The molecule has 0 unspecified atom stereocenters. The van der Waals surface area contributed by atoms with E-state index in [-0.39, 0.29) is 11.5 Å². The van der Waals surface area contributed by atoms with Gasteiger partial charge in [0.15, 0.2) is 11.5 Å². The van der Waals surface area contributed by atoms with E-state index in [0.717, 1.165) is 0 Å². The predicted octanol–water partition coefficient (Wildman–Crippen LogP) is 3.11. The minimum absolute atomic E-state index is 0.0389. The SMILES string of the molecule is CCOC(=O)c1ccc(S(=O)(=O)Nc2ccc3oc(C)nc3c2)cc1. The molecular formula is C17H16N2O5S. The van der Waals surface area contributed by atoms with Crippen molar-refractivity contribution in [1.29, 1.82) is 0 Å². The summed E-state index contributed by atoms with van der Waals surface area (Å²) in [5.41, 5.74) is 1.81. The number of anilines is 1. The molecule has 0 bridgehead atoms. The lowest BCUT2D eigenvalue weighted by atomic mass is 10.2. The van der Waals surface area contributed by atoms with Gasteiger partial charge in [-0.05, 0) is 49.4 Å². The number of fused-ring (bicyclic) bond motifs is 1. The van der Waals surface area contributed by atoms with Crippen LogP contribution in [0.1, 0.15) is 23.2 Å². The highest BCUT2D eigenvalue weighted by molar-refractivity contribution is 7.92. The van der Waals surface area contributed by atoms with E-state index >= 15 is 0 Å². The molecule has 0 aliphatic heterocycles.